The van der Waals surface area contributed by atoms with Crippen LogP contribution in [0.2, 0.25) is 0 Å². The van der Waals surface area contributed by atoms with Crippen molar-refractivity contribution in [3.8, 4) is 0 Å². The van der Waals surface area contributed by atoms with Gasteiger partial charge < -0.3 is 14.2 Å². The lowest BCUT2D eigenvalue weighted by Crippen LogP contribution is -2.30. The van der Waals surface area contributed by atoms with Crippen LogP contribution in [-0.2, 0) is 28.6 Å². The van der Waals surface area contributed by atoms with Crippen LogP contribution >= 0.6 is 0 Å². The third-order valence-corrected chi connectivity index (χ3v) is 9.44. The van der Waals surface area contributed by atoms with Crippen LogP contribution < -0.4 is 0 Å². The maximum Gasteiger partial charge on any atom is 0.310 e. The molecule has 0 aliphatic heterocycles. The molecule has 1 atom stereocenters. The zero-order valence-corrected chi connectivity index (χ0v) is 34.3. The topological polar surface area (TPSA) is 78.9 Å². The molecule has 0 radical (unpaired) electrons. The summed E-state index contributed by atoms with van der Waals surface area (Å²) >= 11 is 0. The van der Waals surface area contributed by atoms with Crippen molar-refractivity contribution < 1.29 is 28.6 Å². The molecule has 0 fully saturated rings. The Labute approximate surface area is 321 Å². The van der Waals surface area contributed by atoms with Gasteiger partial charge in [0.2, 0.25) is 0 Å². The Kier molecular flexibility index (Phi) is 39.5. The molecule has 0 bridgehead atoms. The Hall–Kier alpha value is -2.37. The van der Waals surface area contributed by atoms with Gasteiger partial charge in [-0.2, -0.15) is 0 Å². The Bertz CT molecular complexity index is 891. The SMILES string of the molecule is CC/C=C\C/C=C\C/C=C\CC(=O)OC(COC(=O)CCCCCCCCCCC)COC(=O)CCCCCCCCCCCCCCCCCC. The van der Waals surface area contributed by atoms with Crippen LogP contribution in [0.25, 0.3) is 0 Å². The first-order valence-corrected chi connectivity index (χ1v) is 22.0. The van der Waals surface area contributed by atoms with Gasteiger partial charge in [0.25, 0.3) is 0 Å². The second kappa shape index (κ2) is 41.4. The van der Waals surface area contributed by atoms with E-state index in [1.54, 1.807) is 6.08 Å². The molecule has 1 unspecified atom stereocenters. The summed E-state index contributed by atoms with van der Waals surface area (Å²) in [6.45, 7) is 6.40. The minimum absolute atomic E-state index is 0.105. The molecule has 0 saturated carbocycles. The summed E-state index contributed by atoms with van der Waals surface area (Å²) in [6, 6.07) is 0. The molecule has 0 aliphatic rings. The standard InChI is InChI=1S/C46H82O6/c1-4-7-10-13-16-19-20-21-22-23-24-25-28-30-33-36-39-45(48)51-42-43(52-46(49)40-37-34-31-27-18-15-12-9-6-3)41-50-44(47)38-35-32-29-26-17-14-11-8-5-2/h9,12,18,27,34,37,43H,4-8,10-11,13-17,19-26,28-33,35-36,38-42H2,1-3H3/b12-9-,27-18-,37-34-. The third-order valence-electron chi connectivity index (χ3n) is 9.44. The molecule has 302 valence electrons. The second-order valence-electron chi connectivity index (χ2n) is 14.6. The fourth-order valence-electron chi connectivity index (χ4n) is 6.15. The number of unbranched alkanes of at least 4 members (excludes halogenated alkanes) is 23. The van der Waals surface area contributed by atoms with Crippen molar-refractivity contribution in [3.05, 3.63) is 36.5 Å². The predicted octanol–water partition coefficient (Wildman–Crippen LogP) is 13.8. The lowest BCUT2D eigenvalue weighted by Gasteiger charge is -2.18. The predicted molar refractivity (Wildman–Crippen MR) is 219 cm³/mol. The van der Waals surface area contributed by atoms with Gasteiger partial charge >= 0.3 is 17.9 Å². The van der Waals surface area contributed by atoms with Gasteiger partial charge in [-0.3, -0.25) is 14.4 Å². The molecule has 6 nitrogen and oxygen atoms in total. The van der Waals surface area contributed by atoms with Crippen LogP contribution in [-0.4, -0.2) is 37.2 Å². The van der Waals surface area contributed by atoms with Crippen molar-refractivity contribution in [2.24, 2.45) is 0 Å². The quantitative estimate of drug-likeness (QED) is 0.0271. The minimum atomic E-state index is -0.812. The Morgan fingerprint density at radius 2 is 0.731 bits per heavy atom. The first-order chi connectivity index (χ1) is 25.5. The number of esters is 3. The maximum absolute atomic E-state index is 12.6. The lowest BCUT2D eigenvalue weighted by molar-refractivity contribution is -0.166. The van der Waals surface area contributed by atoms with Gasteiger partial charge in [0, 0.05) is 12.8 Å². The van der Waals surface area contributed by atoms with Gasteiger partial charge in [-0.15, -0.1) is 0 Å². The number of rotatable bonds is 39. The number of ether oxygens (including phenoxy) is 3. The molecule has 0 saturated heterocycles. The van der Waals surface area contributed by atoms with Crippen LogP contribution in [0.3, 0.4) is 0 Å². The normalized spacial score (nSPS) is 12.3. The molecule has 0 amide bonds. The summed E-state index contributed by atoms with van der Waals surface area (Å²) in [7, 11) is 0. The van der Waals surface area contributed by atoms with E-state index in [2.05, 4.69) is 45.1 Å². The smallest absolute Gasteiger partial charge is 0.310 e. The van der Waals surface area contributed by atoms with Crippen molar-refractivity contribution >= 4 is 17.9 Å². The highest BCUT2D eigenvalue weighted by atomic mass is 16.6. The van der Waals surface area contributed by atoms with E-state index in [-0.39, 0.29) is 31.6 Å². The highest BCUT2D eigenvalue weighted by Gasteiger charge is 2.19. The van der Waals surface area contributed by atoms with Crippen LogP contribution in [0, 0.1) is 0 Å². The van der Waals surface area contributed by atoms with E-state index in [1.165, 1.54) is 122 Å². The fraction of sp³-hybridized carbons (Fsp3) is 0.804. The van der Waals surface area contributed by atoms with E-state index < -0.39 is 12.1 Å². The molecular formula is C46H82O6. The van der Waals surface area contributed by atoms with E-state index in [0.29, 0.717) is 12.8 Å². The van der Waals surface area contributed by atoms with Gasteiger partial charge in [0.1, 0.15) is 13.2 Å². The van der Waals surface area contributed by atoms with E-state index in [9.17, 15) is 14.4 Å². The lowest BCUT2D eigenvalue weighted by atomic mass is 10.0. The van der Waals surface area contributed by atoms with Crippen LogP contribution in [0.4, 0.5) is 0 Å². The second-order valence-corrected chi connectivity index (χ2v) is 14.6. The van der Waals surface area contributed by atoms with Gasteiger partial charge in [-0.25, -0.2) is 0 Å². The molecule has 0 aromatic heterocycles. The molecule has 0 N–H and O–H groups in total. The van der Waals surface area contributed by atoms with Crippen molar-refractivity contribution in [3.63, 3.8) is 0 Å². The van der Waals surface area contributed by atoms with Gasteiger partial charge in [-0.1, -0.05) is 205 Å². The van der Waals surface area contributed by atoms with Crippen molar-refractivity contribution in [1.82, 2.24) is 0 Å². The largest absolute Gasteiger partial charge is 0.462 e. The first-order valence-electron chi connectivity index (χ1n) is 22.0. The zero-order chi connectivity index (χ0) is 38.0. The molecule has 52 heavy (non-hydrogen) atoms. The summed E-state index contributed by atoms with van der Waals surface area (Å²) in [6.07, 6.45) is 46.0. The first kappa shape index (κ1) is 49.6. The molecule has 0 aromatic rings. The summed E-state index contributed by atoms with van der Waals surface area (Å²) in [5.74, 6) is -1.03. The Balaban J connectivity index is 4.33. The summed E-state index contributed by atoms with van der Waals surface area (Å²) < 4.78 is 16.5. The summed E-state index contributed by atoms with van der Waals surface area (Å²) in [5.41, 5.74) is 0. The Morgan fingerprint density at radius 3 is 1.10 bits per heavy atom. The highest BCUT2D eigenvalue weighted by Crippen LogP contribution is 2.15. The third kappa shape index (κ3) is 38.9. The van der Waals surface area contributed by atoms with Crippen molar-refractivity contribution in [1.29, 1.82) is 0 Å². The summed E-state index contributed by atoms with van der Waals surface area (Å²) in [5, 5.41) is 0. The van der Waals surface area contributed by atoms with E-state index in [0.717, 1.165) is 57.8 Å². The average Bonchev–Trinajstić information content (AvgIpc) is 3.14. The highest BCUT2D eigenvalue weighted by molar-refractivity contribution is 5.72. The average molecular weight is 731 g/mol. The Morgan fingerprint density at radius 1 is 0.404 bits per heavy atom. The van der Waals surface area contributed by atoms with Crippen molar-refractivity contribution in [2.45, 2.75) is 226 Å². The van der Waals surface area contributed by atoms with Gasteiger partial charge in [-0.05, 0) is 32.1 Å². The van der Waals surface area contributed by atoms with Crippen molar-refractivity contribution in [2.75, 3.05) is 13.2 Å². The number of allylic oxidation sites excluding steroid dienone is 5. The molecule has 0 aromatic carbocycles. The van der Waals surface area contributed by atoms with Crippen LogP contribution in [0.1, 0.15) is 220 Å². The number of carbonyl (C=O) groups is 3. The summed E-state index contributed by atoms with van der Waals surface area (Å²) in [4.78, 5) is 37.5. The van der Waals surface area contributed by atoms with Crippen LogP contribution in [0.15, 0.2) is 36.5 Å². The maximum atomic E-state index is 12.6. The molecule has 0 aliphatic carbocycles. The fourth-order valence-corrected chi connectivity index (χ4v) is 6.15. The van der Waals surface area contributed by atoms with Crippen LogP contribution in [0.5, 0.6) is 0 Å². The number of hydrogen-bond acceptors (Lipinski definition) is 6. The molecule has 0 rings (SSSR count). The molecular weight excluding hydrogens is 649 g/mol. The van der Waals surface area contributed by atoms with E-state index in [1.807, 2.05) is 6.08 Å². The monoisotopic (exact) mass is 731 g/mol. The minimum Gasteiger partial charge on any atom is -0.462 e. The molecule has 6 heteroatoms. The van der Waals surface area contributed by atoms with E-state index >= 15 is 0 Å². The number of carbonyl (C=O) groups excluding carboxylic acids is 3. The van der Waals surface area contributed by atoms with E-state index in [4.69, 9.17) is 14.2 Å². The molecule has 0 spiro atoms. The van der Waals surface area contributed by atoms with Gasteiger partial charge in [0.15, 0.2) is 6.10 Å². The molecule has 0 heterocycles. The number of hydrogen-bond donors (Lipinski definition) is 0. The zero-order valence-electron chi connectivity index (χ0n) is 34.3. The van der Waals surface area contributed by atoms with Gasteiger partial charge in [0.05, 0.1) is 6.42 Å².